The second kappa shape index (κ2) is 6.92. The van der Waals surface area contributed by atoms with Crippen molar-refractivity contribution in [2.45, 2.75) is 26.3 Å². The minimum atomic E-state index is 0.313. The summed E-state index contributed by atoms with van der Waals surface area (Å²) >= 11 is 0. The third-order valence-corrected chi connectivity index (χ3v) is 4.34. The van der Waals surface area contributed by atoms with Gasteiger partial charge in [-0.05, 0) is 18.1 Å². The highest BCUT2D eigenvalue weighted by atomic mass is 15.3. The molecule has 2 N–H and O–H groups in total. The minimum Gasteiger partial charge on any atom is -0.369 e. The lowest BCUT2D eigenvalue weighted by Crippen LogP contribution is -2.51. The number of benzene rings is 1. The highest BCUT2D eigenvalue weighted by Gasteiger charge is 2.20. The molecule has 1 aromatic carbocycles. The molecule has 1 aromatic rings. The molecule has 1 aliphatic heterocycles. The van der Waals surface area contributed by atoms with Crippen molar-refractivity contribution < 1.29 is 0 Å². The van der Waals surface area contributed by atoms with E-state index in [-0.39, 0.29) is 0 Å². The molecule has 0 amide bonds. The monoisotopic (exact) mass is 261 g/mol. The van der Waals surface area contributed by atoms with E-state index in [4.69, 9.17) is 5.73 Å². The standard InChI is InChI=1S/C16H27N3/c1-3-14(2)16(17)13-18-9-11-19(12-10-18)15-7-5-4-6-8-15/h4-8,14,16H,3,9-13,17H2,1-2H3. The zero-order valence-corrected chi connectivity index (χ0v) is 12.3. The largest absolute Gasteiger partial charge is 0.369 e. The first-order valence-electron chi connectivity index (χ1n) is 7.48. The zero-order valence-electron chi connectivity index (χ0n) is 12.3. The lowest BCUT2D eigenvalue weighted by molar-refractivity contribution is 0.220. The molecular formula is C16H27N3. The highest BCUT2D eigenvalue weighted by molar-refractivity contribution is 5.46. The van der Waals surface area contributed by atoms with Gasteiger partial charge in [0.25, 0.3) is 0 Å². The summed E-state index contributed by atoms with van der Waals surface area (Å²) in [6.45, 7) is 9.98. The van der Waals surface area contributed by atoms with Crippen molar-refractivity contribution in [3.8, 4) is 0 Å². The third kappa shape index (κ3) is 3.95. The molecule has 106 valence electrons. The Morgan fingerprint density at radius 1 is 1.11 bits per heavy atom. The molecular weight excluding hydrogens is 234 g/mol. The van der Waals surface area contributed by atoms with Crippen LogP contribution in [0.2, 0.25) is 0 Å². The Hall–Kier alpha value is -1.06. The van der Waals surface area contributed by atoms with E-state index in [0.717, 1.165) is 32.7 Å². The summed E-state index contributed by atoms with van der Waals surface area (Å²) in [7, 11) is 0. The Kier molecular flexibility index (Phi) is 5.23. The van der Waals surface area contributed by atoms with Crippen molar-refractivity contribution in [2.24, 2.45) is 11.7 Å². The van der Waals surface area contributed by atoms with Crippen LogP contribution in [0.4, 0.5) is 5.69 Å². The van der Waals surface area contributed by atoms with Crippen LogP contribution in [-0.2, 0) is 0 Å². The quantitative estimate of drug-likeness (QED) is 0.882. The molecule has 1 aliphatic rings. The summed E-state index contributed by atoms with van der Waals surface area (Å²) in [6, 6.07) is 11.0. The van der Waals surface area contributed by atoms with E-state index < -0.39 is 0 Å². The second-order valence-corrected chi connectivity index (χ2v) is 5.67. The van der Waals surface area contributed by atoms with Gasteiger partial charge in [-0.15, -0.1) is 0 Å². The number of nitrogens with two attached hydrogens (primary N) is 1. The van der Waals surface area contributed by atoms with Gasteiger partial charge >= 0.3 is 0 Å². The van der Waals surface area contributed by atoms with Gasteiger partial charge in [0.1, 0.15) is 0 Å². The van der Waals surface area contributed by atoms with Gasteiger partial charge in [0.15, 0.2) is 0 Å². The Morgan fingerprint density at radius 3 is 2.32 bits per heavy atom. The fourth-order valence-corrected chi connectivity index (χ4v) is 2.61. The van der Waals surface area contributed by atoms with Crippen LogP contribution in [0.3, 0.4) is 0 Å². The Bertz CT molecular complexity index is 358. The predicted octanol–water partition coefficient (Wildman–Crippen LogP) is 2.18. The first-order valence-corrected chi connectivity index (χ1v) is 7.48. The van der Waals surface area contributed by atoms with Crippen molar-refractivity contribution in [1.82, 2.24) is 4.90 Å². The smallest absolute Gasteiger partial charge is 0.0367 e. The molecule has 1 fully saturated rings. The molecule has 2 atom stereocenters. The number of hydrogen-bond acceptors (Lipinski definition) is 3. The van der Waals surface area contributed by atoms with E-state index >= 15 is 0 Å². The van der Waals surface area contributed by atoms with E-state index in [1.807, 2.05) is 0 Å². The Balaban J connectivity index is 1.80. The van der Waals surface area contributed by atoms with E-state index in [0.29, 0.717) is 12.0 Å². The number of anilines is 1. The fraction of sp³-hybridized carbons (Fsp3) is 0.625. The van der Waals surface area contributed by atoms with E-state index in [2.05, 4.69) is 54.0 Å². The molecule has 3 nitrogen and oxygen atoms in total. The van der Waals surface area contributed by atoms with Crippen molar-refractivity contribution in [3.05, 3.63) is 30.3 Å². The van der Waals surface area contributed by atoms with Gasteiger partial charge in [-0.3, -0.25) is 4.90 Å². The molecule has 2 rings (SSSR count). The molecule has 1 saturated heterocycles. The zero-order chi connectivity index (χ0) is 13.7. The second-order valence-electron chi connectivity index (χ2n) is 5.67. The van der Waals surface area contributed by atoms with Crippen molar-refractivity contribution >= 4 is 5.69 Å². The molecule has 0 aliphatic carbocycles. The SMILES string of the molecule is CCC(C)C(N)CN1CCN(c2ccccc2)CC1. The number of nitrogens with zero attached hydrogens (tertiary/aromatic N) is 2. The van der Waals surface area contributed by atoms with Crippen molar-refractivity contribution in [3.63, 3.8) is 0 Å². The van der Waals surface area contributed by atoms with E-state index in [9.17, 15) is 0 Å². The van der Waals surface area contributed by atoms with Crippen molar-refractivity contribution in [2.75, 3.05) is 37.6 Å². The van der Waals surface area contributed by atoms with Gasteiger partial charge in [-0.1, -0.05) is 38.5 Å². The first-order chi connectivity index (χ1) is 9.20. The van der Waals surface area contributed by atoms with Crippen LogP contribution in [0, 0.1) is 5.92 Å². The molecule has 0 spiro atoms. The predicted molar refractivity (Wildman–Crippen MR) is 82.5 cm³/mol. The third-order valence-electron chi connectivity index (χ3n) is 4.34. The van der Waals surface area contributed by atoms with Gasteiger partial charge in [0.05, 0.1) is 0 Å². The van der Waals surface area contributed by atoms with Crippen LogP contribution in [-0.4, -0.2) is 43.7 Å². The van der Waals surface area contributed by atoms with Crippen molar-refractivity contribution in [1.29, 1.82) is 0 Å². The van der Waals surface area contributed by atoms with Crippen LogP contribution in [0.5, 0.6) is 0 Å². The van der Waals surface area contributed by atoms with Gasteiger partial charge < -0.3 is 10.6 Å². The topological polar surface area (TPSA) is 32.5 Å². The number of rotatable bonds is 5. The summed E-state index contributed by atoms with van der Waals surface area (Å²) in [6.07, 6.45) is 1.17. The lowest BCUT2D eigenvalue weighted by Gasteiger charge is -2.37. The average molecular weight is 261 g/mol. The van der Waals surface area contributed by atoms with E-state index in [1.165, 1.54) is 12.1 Å². The molecule has 3 heteroatoms. The van der Waals surface area contributed by atoms with E-state index in [1.54, 1.807) is 0 Å². The maximum Gasteiger partial charge on any atom is 0.0367 e. The molecule has 1 heterocycles. The number of piperazine rings is 1. The van der Waals surface area contributed by atoms with Crippen LogP contribution >= 0.6 is 0 Å². The molecule has 0 saturated carbocycles. The van der Waals surface area contributed by atoms with Crippen LogP contribution in [0.1, 0.15) is 20.3 Å². The minimum absolute atomic E-state index is 0.313. The molecule has 2 unspecified atom stereocenters. The van der Waals surface area contributed by atoms with Crippen LogP contribution < -0.4 is 10.6 Å². The normalized spacial score (nSPS) is 20.3. The van der Waals surface area contributed by atoms with Gasteiger partial charge in [0.2, 0.25) is 0 Å². The molecule has 19 heavy (non-hydrogen) atoms. The highest BCUT2D eigenvalue weighted by Crippen LogP contribution is 2.16. The summed E-state index contributed by atoms with van der Waals surface area (Å²) in [4.78, 5) is 4.97. The van der Waals surface area contributed by atoms with Gasteiger partial charge in [0, 0.05) is 44.5 Å². The maximum absolute atomic E-state index is 6.25. The summed E-state index contributed by atoms with van der Waals surface area (Å²) in [5, 5.41) is 0. The van der Waals surface area contributed by atoms with Gasteiger partial charge in [-0.25, -0.2) is 0 Å². The lowest BCUT2D eigenvalue weighted by atomic mass is 9.99. The summed E-state index contributed by atoms with van der Waals surface area (Å²) in [5.74, 6) is 0.618. The molecule has 0 radical (unpaired) electrons. The van der Waals surface area contributed by atoms with Gasteiger partial charge in [-0.2, -0.15) is 0 Å². The molecule has 0 aromatic heterocycles. The Morgan fingerprint density at radius 2 is 1.74 bits per heavy atom. The maximum atomic E-state index is 6.25. The summed E-state index contributed by atoms with van der Waals surface area (Å²) < 4.78 is 0. The van der Waals surface area contributed by atoms with Crippen LogP contribution in [0.15, 0.2) is 30.3 Å². The van der Waals surface area contributed by atoms with Crippen LogP contribution in [0.25, 0.3) is 0 Å². The average Bonchev–Trinajstić information content (AvgIpc) is 2.48. The fourth-order valence-electron chi connectivity index (χ4n) is 2.61. The number of para-hydroxylation sites is 1. The number of hydrogen-bond donors (Lipinski definition) is 1. The summed E-state index contributed by atoms with van der Waals surface area (Å²) in [5.41, 5.74) is 7.59. The molecule has 0 bridgehead atoms. The first kappa shape index (κ1) is 14.4. The Labute approximate surface area is 117 Å².